The molecule has 0 radical (unpaired) electrons. The number of carbonyl (C=O) groups excluding carboxylic acids is 1. The number of nitrogens with one attached hydrogen (secondary N) is 1. The first-order valence-electron chi connectivity index (χ1n) is 11.7. The van der Waals surface area contributed by atoms with Gasteiger partial charge in [0.15, 0.2) is 0 Å². The molecular formula is C25H33N5O3. The number of benzene rings is 1. The van der Waals surface area contributed by atoms with Crippen LogP contribution in [0.5, 0.6) is 0 Å². The first kappa shape index (κ1) is 23.2. The van der Waals surface area contributed by atoms with Crippen LogP contribution in [0, 0.1) is 0 Å². The largest absolute Gasteiger partial charge is 0.391 e. The third-order valence-corrected chi connectivity index (χ3v) is 6.31. The molecule has 0 saturated carbocycles. The lowest BCUT2D eigenvalue weighted by atomic mass is 10.00. The van der Waals surface area contributed by atoms with Crippen molar-refractivity contribution in [1.82, 2.24) is 20.2 Å². The highest BCUT2D eigenvalue weighted by Gasteiger charge is 2.25. The fourth-order valence-electron chi connectivity index (χ4n) is 4.44. The van der Waals surface area contributed by atoms with Gasteiger partial charge in [0.25, 0.3) is 5.91 Å². The monoisotopic (exact) mass is 451 g/mol. The summed E-state index contributed by atoms with van der Waals surface area (Å²) in [6.45, 7) is 11.8. The average molecular weight is 452 g/mol. The highest BCUT2D eigenvalue weighted by molar-refractivity contribution is 5.98. The fourth-order valence-corrected chi connectivity index (χ4v) is 4.44. The lowest BCUT2D eigenvalue weighted by Gasteiger charge is -2.30. The molecule has 2 aliphatic rings. The molecule has 2 aromatic rings. The molecule has 2 N–H and O–H groups in total. The second-order valence-corrected chi connectivity index (χ2v) is 8.62. The van der Waals surface area contributed by atoms with Crippen LogP contribution in [0.4, 0.5) is 5.82 Å². The molecule has 3 heterocycles. The van der Waals surface area contributed by atoms with Gasteiger partial charge in [0.05, 0.1) is 42.6 Å². The number of allylic oxidation sites excluding steroid dienone is 2. The molecule has 8 nitrogen and oxygen atoms in total. The van der Waals surface area contributed by atoms with Gasteiger partial charge >= 0.3 is 0 Å². The molecule has 2 atom stereocenters. The normalized spacial score (nSPS) is 20.6. The van der Waals surface area contributed by atoms with E-state index in [0.717, 1.165) is 48.5 Å². The van der Waals surface area contributed by atoms with Crippen molar-refractivity contribution in [3.05, 3.63) is 53.9 Å². The van der Waals surface area contributed by atoms with E-state index in [4.69, 9.17) is 14.7 Å². The van der Waals surface area contributed by atoms with Gasteiger partial charge in [0.2, 0.25) is 0 Å². The summed E-state index contributed by atoms with van der Waals surface area (Å²) < 4.78 is 5.47. The summed E-state index contributed by atoms with van der Waals surface area (Å²) >= 11 is 0. The molecule has 2 saturated heterocycles. The quantitative estimate of drug-likeness (QED) is 0.653. The predicted molar refractivity (Wildman–Crippen MR) is 129 cm³/mol. The third kappa shape index (κ3) is 5.17. The van der Waals surface area contributed by atoms with Gasteiger partial charge in [-0.2, -0.15) is 0 Å². The highest BCUT2D eigenvalue weighted by Crippen LogP contribution is 2.28. The van der Waals surface area contributed by atoms with Gasteiger partial charge in [-0.05, 0) is 44.9 Å². The maximum absolute atomic E-state index is 13.3. The molecule has 33 heavy (non-hydrogen) atoms. The van der Waals surface area contributed by atoms with Crippen LogP contribution in [0.25, 0.3) is 11.0 Å². The number of anilines is 1. The lowest BCUT2D eigenvalue weighted by Crippen LogP contribution is -2.42. The first-order valence-corrected chi connectivity index (χ1v) is 11.7. The van der Waals surface area contributed by atoms with E-state index in [1.54, 1.807) is 17.2 Å². The van der Waals surface area contributed by atoms with E-state index in [0.29, 0.717) is 37.4 Å². The van der Waals surface area contributed by atoms with Crippen molar-refractivity contribution in [1.29, 1.82) is 0 Å². The Hall–Kier alpha value is -2.97. The van der Waals surface area contributed by atoms with Crippen LogP contribution < -0.4 is 10.2 Å². The highest BCUT2D eigenvalue weighted by atomic mass is 16.5. The molecule has 1 aromatic heterocycles. The van der Waals surface area contributed by atoms with Gasteiger partial charge in [0, 0.05) is 43.0 Å². The SMILES string of the molecule is C=C/C(=C\C)NC(C)c1cc(C(=O)N2CCCC(O)C2)cc2ncc(N3CCOCC3)nc12. The van der Waals surface area contributed by atoms with Crippen molar-refractivity contribution < 1.29 is 14.6 Å². The first-order chi connectivity index (χ1) is 16.0. The molecule has 2 aliphatic heterocycles. The lowest BCUT2D eigenvalue weighted by molar-refractivity contribution is 0.0474. The van der Waals surface area contributed by atoms with E-state index >= 15 is 0 Å². The number of β-amino-alcohol motifs (C(OH)–C–C–N with tert-alkyl or cyclic N) is 1. The summed E-state index contributed by atoms with van der Waals surface area (Å²) in [5, 5.41) is 13.5. The van der Waals surface area contributed by atoms with E-state index in [1.807, 2.05) is 32.1 Å². The molecule has 0 bridgehead atoms. The summed E-state index contributed by atoms with van der Waals surface area (Å²) in [4.78, 5) is 26.9. The summed E-state index contributed by atoms with van der Waals surface area (Å²) in [7, 11) is 0. The smallest absolute Gasteiger partial charge is 0.254 e. The van der Waals surface area contributed by atoms with Gasteiger partial charge < -0.3 is 25.0 Å². The van der Waals surface area contributed by atoms with E-state index in [1.165, 1.54) is 0 Å². The molecule has 1 amide bonds. The number of hydrogen-bond acceptors (Lipinski definition) is 7. The minimum atomic E-state index is -0.469. The van der Waals surface area contributed by atoms with Crippen LogP contribution in [-0.2, 0) is 4.74 Å². The number of aromatic nitrogens is 2. The molecule has 2 unspecified atom stereocenters. The van der Waals surface area contributed by atoms with Crippen molar-refractivity contribution in [2.45, 2.75) is 38.8 Å². The Morgan fingerprint density at radius 2 is 2.12 bits per heavy atom. The summed E-state index contributed by atoms with van der Waals surface area (Å²) in [5.74, 6) is 0.727. The number of piperidine rings is 1. The zero-order chi connectivity index (χ0) is 23.4. The van der Waals surface area contributed by atoms with Gasteiger partial charge in [-0.15, -0.1) is 0 Å². The number of fused-ring (bicyclic) bond motifs is 1. The van der Waals surface area contributed by atoms with Crippen molar-refractivity contribution in [2.75, 3.05) is 44.3 Å². The molecular weight excluding hydrogens is 418 g/mol. The van der Waals surface area contributed by atoms with Crippen LogP contribution in [0.3, 0.4) is 0 Å². The summed E-state index contributed by atoms with van der Waals surface area (Å²) in [6, 6.07) is 3.61. The van der Waals surface area contributed by atoms with Crippen LogP contribution in [0.2, 0.25) is 0 Å². The number of rotatable bonds is 6. The van der Waals surface area contributed by atoms with E-state index < -0.39 is 6.10 Å². The Morgan fingerprint density at radius 3 is 2.82 bits per heavy atom. The van der Waals surface area contributed by atoms with Gasteiger partial charge in [-0.1, -0.05) is 12.7 Å². The van der Waals surface area contributed by atoms with Crippen molar-refractivity contribution in [3.63, 3.8) is 0 Å². The van der Waals surface area contributed by atoms with Crippen LogP contribution >= 0.6 is 0 Å². The number of hydrogen-bond donors (Lipinski definition) is 2. The standard InChI is InChI=1S/C25H33N5O3/c1-4-19(5-2)27-17(3)21-13-18(25(32)30-8-6-7-20(31)16-30)14-22-24(21)28-23(15-26-22)29-9-11-33-12-10-29/h4-5,13-15,17,20,27,31H,1,6-12,16H2,2-3H3/b19-5+. The molecule has 2 fully saturated rings. The zero-order valence-electron chi connectivity index (χ0n) is 19.5. The Morgan fingerprint density at radius 1 is 1.33 bits per heavy atom. The van der Waals surface area contributed by atoms with Crippen molar-refractivity contribution in [2.24, 2.45) is 0 Å². The number of morpholine rings is 1. The molecule has 176 valence electrons. The molecule has 8 heteroatoms. The number of nitrogens with zero attached hydrogens (tertiary/aromatic N) is 4. The number of amides is 1. The zero-order valence-corrected chi connectivity index (χ0v) is 19.5. The maximum atomic E-state index is 13.3. The van der Waals surface area contributed by atoms with Gasteiger partial charge in [-0.3, -0.25) is 9.78 Å². The second-order valence-electron chi connectivity index (χ2n) is 8.62. The number of aliphatic hydroxyl groups excluding tert-OH is 1. The van der Waals surface area contributed by atoms with Gasteiger partial charge in [-0.25, -0.2) is 4.98 Å². The summed E-state index contributed by atoms with van der Waals surface area (Å²) in [6.07, 6.45) is 6.57. The van der Waals surface area contributed by atoms with E-state index in [2.05, 4.69) is 16.8 Å². The van der Waals surface area contributed by atoms with Crippen molar-refractivity contribution >= 4 is 22.8 Å². The van der Waals surface area contributed by atoms with Gasteiger partial charge in [0.1, 0.15) is 5.82 Å². The maximum Gasteiger partial charge on any atom is 0.254 e. The Labute approximate surface area is 195 Å². The topological polar surface area (TPSA) is 90.8 Å². The second kappa shape index (κ2) is 10.3. The van der Waals surface area contributed by atoms with E-state index in [9.17, 15) is 9.90 Å². The molecule has 4 rings (SSSR count). The average Bonchev–Trinajstić information content (AvgIpc) is 2.86. The number of aliphatic hydroxyl groups is 1. The fraction of sp³-hybridized carbons (Fsp3) is 0.480. The van der Waals surface area contributed by atoms with Crippen molar-refractivity contribution in [3.8, 4) is 0 Å². The summed E-state index contributed by atoms with van der Waals surface area (Å²) in [5.41, 5.74) is 3.82. The Kier molecular flexibility index (Phi) is 7.25. The third-order valence-electron chi connectivity index (χ3n) is 6.31. The van der Waals surface area contributed by atoms with Crippen LogP contribution in [0.1, 0.15) is 48.7 Å². The number of ether oxygens (including phenoxy) is 1. The predicted octanol–water partition coefficient (Wildman–Crippen LogP) is 2.80. The molecule has 1 aromatic carbocycles. The Bertz CT molecular complexity index is 1050. The molecule has 0 spiro atoms. The Balaban J connectivity index is 1.75. The molecule has 0 aliphatic carbocycles. The van der Waals surface area contributed by atoms with Crippen LogP contribution in [0.15, 0.2) is 42.8 Å². The number of likely N-dealkylation sites (tertiary alicyclic amines) is 1. The minimum absolute atomic E-state index is 0.0851. The van der Waals surface area contributed by atoms with Crippen LogP contribution in [-0.4, -0.2) is 71.4 Å². The number of carbonyl (C=O) groups is 1. The van der Waals surface area contributed by atoms with E-state index in [-0.39, 0.29) is 11.9 Å². The minimum Gasteiger partial charge on any atom is -0.391 e.